The lowest BCUT2D eigenvalue weighted by atomic mass is 10.2. The molecule has 5 nitrogen and oxygen atoms in total. The van der Waals surface area contributed by atoms with Gasteiger partial charge in [-0.1, -0.05) is 13.8 Å². The third-order valence-electron chi connectivity index (χ3n) is 2.98. The van der Waals surface area contributed by atoms with Crippen molar-refractivity contribution in [3.8, 4) is 5.75 Å². The van der Waals surface area contributed by atoms with Crippen LogP contribution in [0.5, 0.6) is 5.75 Å². The maximum absolute atomic E-state index is 13.9. The van der Waals surface area contributed by atoms with Crippen LogP contribution in [0.25, 0.3) is 0 Å². The molecular formula is C14H23FN2O3S. The summed E-state index contributed by atoms with van der Waals surface area (Å²) in [5.41, 5.74) is 5.62. The standard InChI is InChI=1S/C14H23FN2O3S/c1-9(2)8-17(10(3)4)21(18,19)11-6-12(15)14(20-5)13(16)7-11/h6-7,9-10H,8,16H2,1-5H3. The highest BCUT2D eigenvalue weighted by Gasteiger charge is 2.29. The van der Waals surface area contributed by atoms with Gasteiger partial charge in [0.2, 0.25) is 10.0 Å². The molecule has 0 spiro atoms. The maximum Gasteiger partial charge on any atom is 0.243 e. The van der Waals surface area contributed by atoms with Crippen molar-refractivity contribution < 1.29 is 17.5 Å². The fourth-order valence-electron chi connectivity index (χ4n) is 2.03. The fourth-order valence-corrected chi connectivity index (χ4v) is 3.88. The molecule has 0 fully saturated rings. The number of benzene rings is 1. The lowest BCUT2D eigenvalue weighted by Crippen LogP contribution is -2.39. The van der Waals surface area contributed by atoms with Crippen LogP contribution in [0.2, 0.25) is 0 Å². The highest BCUT2D eigenvalue weighted by molar-refractivity contribution is 7.89. The summed E-state index contributed by atoms with van der Waals surface area (Å²) in [6.45, 7) is 7.77. The van der Waals surface area contributed by atoms with E-state index in [1.54, 1.807) is 13.8 Å². The molecule has 0 bridgehead atoms. The number of nitrogens with two attached hydrogens (primary N) is 1. The van der Waals surface area contributed by atoms with E-state index < -0.39 is 15.8 Å². The Morgan fingerprint density at radius 2 is 1.86 bits per heavy atom. The van der Waals surface area contributed by atoms with Gasteiger partial charge in [-0.05, 0) is 31.9 Å². The molecule has 1 rings (SSSR count). The summed E-state index contributed by atoms with van der Waals surface area (Å²) in [6.07, 6.45) is 0. The summed E-state index contributed by atoms with van der Waals surface area (Å²) in [5.74, 6) is -0.777. The van der Waals surface area contributed by atoms with Crippen molar-refractivity contribution in [3.63, 3.8) is 0 Å². The first-order valence-corrected chi connectivity index (χ1v) is 8.20. The van der Waals surface area contributed by atoms with E-state index in [1.165, 1.54) is 17.5 Å². The third kappa shape index (κ3) is 3.85. The molecule has 0 amide bonds. The van der Waals surface area contributed by atoms with Crippen molar-refractivity contribution in [2.45, 2.75) is 38.6 Å². The van der Waals surface area contributed by atoms with Gasteiger partial charge in [0.15, 0.2) is 11.6 Å². The molecule has 0 saturated heterocycles. The number of rotatable bonds is 6. The Morgan fingerprint density at radius 1 is 1.29 bits per heavy atom. The Kier molecular flexibility index (Phi) is 5.58. The van der Waals surface area contributed by atoms with Crippen LogP contribution in [0.15, 0.2) is 17.0 Å². The van der Waals surface area contributed by atoms with Crippen LogP contribution in [0.3, 0.4) is 0 Å². The minimum Gasteiger partial charge on any atom is -0.492 e. The van der Waals surface area contributed by atoms with Gasteiger partial charge in [0.25, 0.3) is 0 Å². The van der Waals surface area contributed by atoms with Crippen LogP contribution in [0.4, 0.5) is 10.1 Å². The Morgan fingerprint density at radius 3 is 2.24 bits per heavy atom. The Balaban J connectivity index is 3.35. The number of nitrogen functional groups attached to an aromatic ring is 1. The first-order valence-electron chi connectivity index (χ1n) is 6.76. The van der Waals surface area contributed by atoms with Crippen molar-refractivity contribution in [1.82, 2.24) is 4.31 Å². The van der Waals surface area contributed by atoms with Gasteiger partial charge in [0.05, 0.1) is 17.7 Å². The molecule has 21 heavy (non-hydrogen) atoms. The Hall–Kier alpha value is -1.34. The van der Waals surface area contributed by atoms with E-state index in [9.17, 15) is 12.8 Å². The normalized spacial score (nSPS) is 12.4. The quantitative estimate of drug-likeness (QED) is 0.818. The summed E-state index contributed by atoms with van der Waals surface area (Å²) in [4.78, 5) is -0.160. The van der Waals surface area contributed by atoms with Crippen molar-refractivity contribution in [2.75, 3.05) is 19.4 Å². The van der Waals surface area contributed by atoms with Crippen LogP contribution in [-0.2, 0) is 10.0 Å². The number of methoxy groups -OCH3 is 1. The van der Waals surface area contributed by atoms with Gasteiger partial charge in [0, 0.05) is 12.6 Å². The molecule has 0 radical (unpaired) electrons. The number of ether oxygens (including phenoxy) is 1. The molecule has 0 atom stereocenters. The lowest BCUT2D eigenvalue weighted by molar-refractivity contribution is 0.318. The van der Waals surface area contributed by atoms with E-state index in [0.29, 0.717) is 6.54 Å². The van der Waals surface area contributed by atoms with E-state index >= 15 is 0 Å². The monoisotopic (exact) mass is 318 g/mol. The zero-order valence-electron chi connectivity index (χ0n) is 13.1. The Bertz CT molecular complexity index is 577. The van der Waals surface area contributed by atoms with Gasteiger partial charge >= 0.3 is 0 Å². The summed E-state index contributed by atoms with van der Waals surface area (Å²) < 4.78 is 45.4. The van der Waals surface area contributed by atoms with Crippen molar-refractivity contribution in [1.29, 1.82) is 0 Å². The molecule has 1 aromatic rings. The van der Waals surface area contributed by atoms with E-state index in [2.05, 4.69) is 0 Å². The average Bonchev–Trinajstić information content (AvgIpc) is 2.34. The summed E-state index contributed by atoms with van der Waals surface area (Å²) in [6, 6.07) is 1.94. The van der Waals surface area contributed by atoms with Crippen LogP contribution >= 0.6 is 0 Å². The Labute approximate surface area is 125 Å². The van der Waals surface area contributed by atoms with Crippen molar-refractivity contribution >= 4 is 15.7 Å². The molecule has 120 valence electrons. The number of nitrogens with zero attached hydrogens (tertiary/aromatic N) is 1. The fraction of sp³-hybridized carbons (Fsp3) is 0.571. The molecule has 0 aliphatic heterocycles. The molecule has 0 heterocycles. The minimum atomic E-state index is -3.81. The molecular weight excluding hydrogens is 295 g/mol. The predicted molar refractivity (Wildman–Crippen MR) is 81.2 cm³/mol. The van der Waals surface area contributed by atoms with E-state index in [1.807, 2.05) is 13.8 Å². The summed E-state index contributed by atoms with van der Waals surface area (Å²) >= 11 is 0. The molecule has 0 aliphatic carbocycles. The second kappa shape index (κ2) is 6.62. The lowest BCUT2D eigenvalue weighted by Gasteiger charge is -2.27. The van der Waals surface area contributed by atoms with Gasteiger partial charge in [-0.2, -0.15) is 4.31 Å². The van der Waals surface area contributed by atoms with Crippen LogP contribution in [0, 0.1) is 11.7 Å². The molecule has 0 aliphatic rings. The highest BCUT2D eigenvalue weighted by atomic mass is 32.2. The summed E-state index contributed by atoms with van der Waals surface area (Å²) in [5, 5.41) is 0. The molecule has 7 heteroatoms. The molecule has 0 saturated carbocycles. The zero-order valence-corrected chi connectivity index (χ0v) is 13.9. The minimum absolute atomic E-state index is 0.0377. The SMILES string of the molecule is COc1c(N)cc(S(=O)(=O)N(CC(C)C)C(C)C)cc1F. The highest BCUT2D eigenvalue weighted by Crippen LogP contribution is 2.30. The second-order valence-corrected chi connectivity index (χ2v) is 7.48. The number of hydrogen-bond acceptors (Lipinski definition) is 4. The zero-order chi connectivity index (χ0) is 16.4. The van der Waals surface area contributed by atoms with Crippen LogP contribution in [-0.4, -0.2) is 32.4 Å². The van der Waals surface area contributed by atoms with Crippen LogP contribution < -0.4 is 10.5 Å². The van der Waals surface area contributed by atoms with E-state index in [-0.39, 0.29) is 28.3 Å². The van der Waals surface area contributed by atoms with E-state index in [0.717, 1.165) is 6.07 Å². The van der Waals surface area contributed by atoms with Gasteiger partial charge in [-0.15, -0.1) is 0 Å². The average molecular weight is 318 g/mol. The first kappa shape index (κ1) is 17.7. The number of sulfonamides is 1. The number of hydrogen-bond donors (Lipinski definition) is 1. The molecule has 0 aromatic heterocycles. The largest absolute Gasteiger partial charge is 0.492 e. The molecule has 2 N–H and O–H groups in total. The second-order valence-electron chi connectivity index (χ2n) is 5.59. The van der Waals surface area contributed by atoms with Crippen LogP contribution in [0.1, 0.15) is 27.7 Å². The number of anilines is 1. The third-order valence-corrected chi connectivity index (χ3v) is 5.00. The summed E-state index contributed by atoms with van der Waals surface area (Å²) in [7, 11) is -2.53. The van der Waals surface area contributed by atoms with Gasteiger partial charge in [-0.25, -0.2) is 12.8 Å². The predicted octanol–water partition coefficient (Wildman–Crippen LogP) is 2.47. The molecule has 1 aromatic carbocycles. The van der Waals surface area contributed by atoms with Gasteiger partial charge in [0.1, 0.15) is 0 Å². The topological polar surface area (TPSA) is 72.6 Å². The number of halogens is 1. The van der Waals surface area contributed by atoms with E-state index in [4.69, 9.17) is 10.5 Å². The maximum atomic E-state index is 13.9. The van der Waals surface area contributed by atoms with Crippen molar-refractivity contribution in [3.05, 3.63) is 17.9 Å². The first-order chi connectivity index (χ1) is 9.61. The smallest absolute Gasteiger partial charge is 0.243 e. The molecule has 0 unspecified atom stereocenters. The van der Waals surface area contributed by atoms with Gasteiger partial charge < -0.3 is 10.5 Å². The van der Waals surface area contributed by atoms with Crippen molar-refractivity contribution in [2.24, 2.45) is 5.92 Å². The van der Waals surface area contributed by atoms with Gasteiger partial charge in [-0.3, -0.25) is 0 Å².